The number of ether oxygens (including phenoxy) is 1. The summed E-state index contributed by atoms with van der Waals surface area (Å²) in [7, 11) is -3.28. The Morgan fingerprint density at radius 3 is 2.62 bits per heavy atom. The van der Waals surface area contributed by atoms with Crippen LogP contribution < -0.4 is 0 Å². The molecule has 0 amide bonds. The van der Waals surface area contributed by atoms with Crippen molar-refractivity contribution >= 4 is 10.1 Å². The average Bonchev–Trinajstić information content (AvgIpc) is 2.26. The summed E-state index contributed by atoms with van der Waals surface area (Å²) in [6, 6.07) is 0. The predicted molar refractivity (Wildman–Crippen MR) is 61.9 cm³/mol. The van der Waals surface area contributed by atoms with E-state index in [4.69, 9.17) is 8.92 Å². The van der Waals surface area contributed by atoms with Gasteiger partial charge in [-0.1, -0.05) is 6.92 Å². The zero-order valence-electron chi connectivity index (χ0n) is 9.85. The number of rotatable bonds is 7. The molecule has 0 unspecified atom stereocenters. The fourth-order valence-corrected chi connectivity index (χ4v) is 2.60. The van der Waals surface area contributed by atoms with Gasteiger partial charge in [0.2, 0.25) is 0 Å². The van der Waals surface area contributed by atoms with Gasteiger partial charge in [0.25, 0.3) is 10.1 Å². The maximum atomic E-state index is 11.2. The molecule has 0 saturated carbocycles. The molecular formula is C10H21NO4S. The van der Waals surface area contributed by atoms with E-state index >= 15 is 0 Å². The lowest BCUT2D eigenvalue weighted by Gasteiger charge is -2.26. The fraction of sp³-hybridized carbons (Fsp3) is 1.00. The molecular weight excluding hydrogens is 230 g/mol. The van der Waals surface area contributed by atoms with E-state index < -0.39 is 10.1 Å². The summed E-state index contributed by atoms with van der Waals surface area (Å²) >= 11 is 0. The molecule has 96 valence electrons. The second kappa shape index (κ2) is 7.21. The van der Waals surface area contributed by atoms with Crippen LogP contribution >= 0.6 is 0 Å². The largest absolute Gasteiger partial charge is 0.379 e. The second-order valence-electron chi connectivity index (χ2n) is 3.89. The molecule has 0 aliphatic carbocycles. The molecule has 1 heterocycles. The van der Waals surface area contributed by atoms with Gasteiger partial charge in [0.05, 0.1) is 25.6 Å². The number of nitrogens with zero attached hydrogens (tertiary/aromatic N) is 1. The van der Waals surface area contributed by atoms with E-state index in [1.165, 1.54) is 0 Å². The minimum Gasteiger partial charge on any atom is -0.379 e. The van der Waals surface area contributed by atoms with Crippen molar-refractivity contribution in [3.05, 3.63) is 0 Å². The van der Waals surface area contributed by atoms with Gasteiger partial charge in [-0.25, -0.2) is 0 Å². The van der Waals surface area contributed by atoms with Gasteiger partial charge in [-0.2, -0.15) is 8.42 Å². The summed E-state index contributed by atoms with van der Waals surface area (Å²) < 4.78 is 32.6. The van der Waals surface area contributed by atoms with Gasteiger partial charge in [-0.05, 0) is 12.8 Å². The maximum absolute atomic E-state index is 11.2. The lowest BCUT2D eigenvalue weighted by Crippen LogP contribution is -2.37. The molecule has 0 bridgehead atoms. The molecule has 1 fully saturated rings. The van der Waals surface area contributed by atoms with Crippen LogP contribution in [0.2, 0.25) is 0 Å². The van der Waals surface area contributed by atoms with Crippen molar-refractivity contribution in [3.63, 3.8) is 0 Å². The van der Waals surface area contributed by atoms with Crippen molar-refractivity contribution in [2.24, 2.45) is 0 Å². The Balaban J connectivity index is 2.06. The molecule has 0 aromatic heterocycles. The minimum absolute atomic E-state index is 0.116. The van der Waals surface area contributed by atoms with Crippen molar-refractivity contribution in [2.75, 3.05) is 45.2 Å². The van der Waals surface area contributed by atoms with Crippen molar-refractivity contribution in [1.82, 2.24) is 4.90 Å². The summed E-state index contributed by atoms with van der Waals surface area (Å²) in [5.74, 6) is 0.116. The van der Waals surface area contributed by atoms with Gasteiger partial charge in [-0.3, -0.25) is 9.08 Å². The van der Waals surface area contributed by atoms with Crippen LogP contribution in [0.3, 0.4) is 0 Å². The first-order chi connectivity index (χ1) is 7.64. The molecule has 0 aromatic rings. The third kappa shape index (κ3) is 5.79. The molecule has 0 atom stereocenters. The summed E-state index contributed by atoms with van der Waals surface area (Å²) in [5.41, 5.74) is 0. The molecule has 0 radical (unpaired) electrons. The SMILES string of the molecule is CCCS(=O)(=O)OCCCN1CCOCC1. The molecule has 1 saturated heterocycles. The normalized spacial score (nSPS) is 18.8. The molecule has 5 nitrogen and oxygen atoms in total. The van der Waals surface area contributed by atoms with E-state index in [0.717, 1.165) is 39.3 Å². The molecule has 1 aliphatic rings. The molecule has 1 rings (SSSR count). The van der Waals surface area contributed by atoms with E-state index in [0.29, 0.717) is 13.0 Å². The Labute approximate surface area is 97.8 Å². The van der Waals surface area contributed by atoms with Gasteiger partial charge in [0.15, 0.2) is 0 Å². The molecule has 6 heteroatoms. The first-order valence-electron chi connectivity index (χ1n) is 5.81. The highest BCUT2D eigenvalue weighted by Gasteiger charge is 2.11. The maximum Gasteiger partial charge on any atom is 0.267 e. The quantitative estimate of drug-likeness (QED) is 0.486. The zero-order valence-corrected chi connectivity index (χ0v) is 10.7. The summed E-state index contributed by atoms with van der Waals surface area (Å²) in [6.45, 7) is 6.41. The number of morpholine rings is 1. The Morgan fingerprint density at radius 2 is 2.00 bits per heavy atom. The Hall–Kier alpha value is -0.170. The summed E-state index contributed by atoms with van der Waals surface area (Å²) in [4.78, 5) is 2.26. The monoisotopic (exact) mass is 251 g/mol. The first-order valence-corrected chi connectivity index (χ1v) is 7.39. The highest BCUT2D eigenvalue weighted by molar-refractivity contribution is 7.86. The van der Waals surface area contributed by atoms with Crippen LogP contribution in [0, 0.1) is 0 Å². The number of hydrogen-bond donors (Lipinski definition) is 0. The standard InChI is InChI=1S/C10H21NO4S/c1-2-10-16(12,13)15-7-3-4-11-5-8-14-9-6-11/h2-10H2,1H3. The van der Waals surface area contributed by atoms with Crippen LogP contribution in [0.1, 0.15) is 19.8 Å². The highest BCUT2D eigenvalue weighted by atomic mass is 32.2. The Kier molecular flexibility index (Phi) is 6.26. The summed E-state index contributed by atoms with van der Waals surface area (Å²) in [6.07, 6.45) is 1.36. The van der Waals surface area contributed by atoms with E-state index in [1.54, 1.807) is 0 Å². The third-order valence-corrected chi connectivity index (χ3v) is 3.87. The molecule has 1 aliphatic heterocycles. The van der Waals surface area contributed by atoms with Crippen molar-refractivity contribution in [2.45, 2.75) is 19.8 Å². The molecule has 0 aromatic carbocycles. The first kappa shape index (κ1) is 13.9. The van der Waals surface area contributed by atoms with Gasteiger partial charge in [0, 0.05) is 19.6 Å². The van der Waals surface area contributed by atoms with Crippen molar-refractivity contribution in [1.29, 1.82) is 0 Å². The van der Waals surface area contributed by atoms with E-state index in [9.17, 15) is 8.42 Å². The van der Waals surface area contributed by atoms with Crippen molar-refractivity contribution < 1.29 is 17.3 Å². The molecule has 16 heavy (non-hydrogen) atoms. The Morgan fingerprint density at radius 1 is 1.31 bits per heavy atom. The van der Waals surface area contributed by atoms with Gasteiger partial charge in [0.1, 0.15) is 0 Å². The van der Waals surface area contributed by atoms with E-state index in [-0.39, 0.29) is 5.75 Å². The highest BCUT2D eigenvalue weighted by Crippen LogP contribution is 2.01. The topological polar surface area (TPSA) is 55.8 Å². The lowest BCUT2D eigenvalue weighted by molar-refractivity contribution is 0.0359. The smallest absolute Gasteiger partial charge is 0.267 e. The van der Waals surface area contributed by atoms with Gasteiger partial charge in [-0.15, -0.1) is 0 Å². The second-order valence-corrected chi connectivity index (χ2v) is 5.65. The van der Waals surface area contributed by atoms with E-state index in [1.807, 2.05) is 6.92 Å². The molecule has 0 spiro atoms. The van der Waals surface area contributed by atoms with E-state index in [2.05, 4.69) is 4.90 Å². The average molecular weight is 251 g/mol. The minimum atomic E-state index is -3.28. The van der Waals surface area contributed by atoms with Crippen LogP contribution in [0.4, 0.5) is 0 Å². The number of hydrogen-bond acceptors (Lipinski definition) is 5. The van der Waals surface area contributed by atoms with Crippen LogP contribution in [0.15, 0.2) is 0 Å². The van der Waals surface area contributed by atoms with Gasteiger partial charge < -0.3 is 4.74 Å². The third-order valence-electron chi connectivity index (χ3n) is 2.44. The molecule has 0 N–H and O–H groups in total. The van der Waals surface area contributed by atoms with Crippen LogP contribution in [-0.4, -0.2) is 58.5 Å². The van der Waals surface area contributed by atoms with Crippen LogP contribution in [0.25, 0.3) is 0 Å². The lowest BCUT2D eigenvalue weighted by atomic mass is 10.3. The summed E-state index contributed by atoms with van der Waals surface area (Å²) in [5, 5.41) is 0. The van der Waals surface area contributed by atoms with Gasteiger partial charge >= 0.3 is 0 Å². The van der Waals surface area contributed by atoms with Crippen LogP contribution in [-0.2, 0) is 19.0 Å². The van der Waals surface area contributed by atoms with Crippen LogP contribution in [0.5, 0.6) is 0 Å². The Bertz CT molecular complexity index is 273. The zero-order chi connectivity index (χ0) is 11.9. The predicted octanol–water partition coefficient (Wildman–Crippen LogP) is 0.465. The van der Waals surface area contributed by atoms with Crippen molar-refractivity contribution in [3.8, 4) is 0 Å². The fourth-order valence-electron chi connectivity index (χ4n) is 1.61.